The van der Waals surface area contributed by atoms with Gasteiger partial charge in [-0.15, -0.1) is 0 Å². The average Bonchev–Trinajstić information content (AvgIpc) is 3.18. The lowest BCUT2D eigenvalue weighted by molar-refractivity contribution is 0.254. The molecule has 1 N–H and O–H groups in total. The summed E-state index contributed by atoms with van der Waals surface area (Å²) in [4.78, 5) is 0. The van der Waals surface area contributed by atoms with Crippen LogP contribution in [0.1, 0.15) is 44.2 Å². The molecule has 1 aliphatic carbocycles. The van der Waals surface area contributed by atoms with Gasteiger partial charge in [-0.2, -0.15) is 0 Å². The van der Waals surface area contributed by atoms with E-state index < -0.39 is 0 Å². The van der Waals surface area contributed by atoms with Crippen molar-refractivity contribution in [3.8, 4) is 5.75 Å². The maximum atomic E-state index is 5.96. The van der Waals surface area contributed by atoms with Gasteiger partial charge < -0.3 is 10.1 Å². The zero-order valence-electron chi connectivity index (χ0n) is 11.8. The first kappa shape index (κ1) is 13.4. The number of benzene rings is 1. The Balaban J connectivity index is 1.97. The van der Waals surface area contributed by atoms with Gasteiger partial charge in [-0.25, -0.2) is 0 Å². The number of hydrogen-bond donors (Lipinski definition) is 1. The molecule has 18 heavy (non-hydrogen) atoms. The second-order valence-corrected chi connectivity index (χ2v) is 5.59. The van der Waals surface area contributed by atoms with Gasteiger partial charge in [-0.1, -0.05) is 38.0 Å². The van der Waals surface area contributed by atoms with Gasteiger partial charge in [0, 0.05) is 18.2 Å². The normalized spacial score (nSPS) is 16.6. The topological polar surface area (TPSA) is 21.3 Å². The van der Waals surface area contributed by atoms with E-state index in [-0.39, 0.29) is 0 Å². The highest BCUT2D eigenvalue weighted by atomic mass is 16.5. The highest BCUT2D eigenvalue weighted by Crippen LogP contribution is 2.24. The summed E-state index contributed by atoms with van der Waals surface area (Å²) in [5, 5.41) is 3.56. The number of ether oxygens (including phenoxy) is 1. The summed E-state index contributed by atoms with van der Waals surface area (Å²) in [6.07, 6.45) is 3.82. The van der Waals surface area contributed by atoms with Gasteiger partial charge in [-0.05, 0) is 31.7 Å². The van der Waals surface area contributed by atoms with Crippen LogP contribution in [0.3, 0.4) is 0 Å². The Morgan fingerprint density at radius 1 is 1.39 bits per heavy atom. The molecule has 1 fully saturated rings. The molecule has 1 aliphatic rings. The largest absolute Gasteiger partial charge is 0.493 e. The molecule has 1 aromatic carbocycles. The summed E-state index contributed by atoms with van der Waals surface area (Å²) < 4.78 is 5.96. The molecule has 1 saturated carbocycles. The monoisotopic (exact) mass is 247 g/mol. The van der Waals surface area contributed by atoms with Gasteiger partial charge in [-0.3, -0.25) is 0 Å². The number of hydrogen-bond acceptors (Lipinski definition) is 2. The van der Waals surface area contributed by atoms with Crippen LogP contribution in [0, 0.1) is 12.8 Å². The smallest absolute Gasteiger partial charge is 0.123 e. The van der Waals surface area contributed by atoms with Crippen molar-refractivity contribution < 1.29 is 4.74 Å². The lowest BCUT2D eigenvalue weighted by Gasteiger charge is -2.15. The summed E-state index contributed by atoms with van der Waals surface area (Å²) >= 11 is 0. The van der Waals surface area contributed by atoms with Crippen LogP contribution in [0.25, 0.3) is 0 Å². The van der Waals surface area contributed by atoms with Crippen molar-refractivity contribution in [2.45, 2.75) is 52.6 Å². The molecule has 1 unspecified atom stereocenters. The maximum absolute atomic E-state index is 5.96. The molecule has 2 heteroatoms. The number of rotatable bonds is 7. The summed E-state index contributed by atoms with van der Waals surface area (Å²) in [7, 11) is 0. The van der Waals surface area contributed by atoms with E-state index in [1.807, 2.05) is 0 Å². The third-order valence-corrected chi connectivity index (χ3v) is 3.59. The van der Waals surface area contributed by atoms with Gasteiger partial charge in [0.15, 0.2) is 0 Å². The van der Waals surface area contributed by atoms with Crippen LogP contribution in [0.2, 0.25) is 0 Å². The predicted molar refractivity (Wildman–Crippen MR) is 76.0 cm³/mol. The molecule has 0 aromatic heterocycles. The van der Waals surface area contributed by atoms with Crippen LogP contribution in [0.4, 0.5) is 0 Å². The molecular weight excluding hydrogens is 222 g/mol. The van der Waals surface area contributed by atoms with Gasteiger partial charge in [0.1, 0.15) is 5.75 Å². The van der Waals surface area contributed by atoms with Crippen molar-refractivity contribution in [1.29, 1.82) is 0 Å². The van der Waals surface area contributed by atoms with E-state index >= 15 is 0 Å². The van der Waals surface area contributed by atoms with Gasteiger partial charge in [0.2, 0.25) is 0 Å². The van der Waals surface area contributed by atoms with Crippen LogP contribution < -0.4 is 10.1 Å². The van der Waals surface area contributed by atoms with E-state index in [1.165, 1.54) is 30.4 Å². The summed E-state index contributed by atoms with van der Waals surface area (Å²) in [5.41, 5.74) is 2.60. The maximum Gasteiger partial charge on any atom is 0.123 e. The van der Waals surface area contributed by atoms with Crippen molar-refractivity contribution in [3.63, 3.8) is 0 Å². The Kier molecular flexibility index (Phi) is 4.65. The Labute approximate surface area is 111 Å². The molecule has 0 radical (unpaired) electrons. The van der Waals surface area contributed by atoms with E-state index in [1.54, 1.807) is 0 Å². The Bertz CT molecular complexity index is 385. The Morgan fingerprint density at radius 3 is 2.83 bits per heavy atom. The minimum absolute atomic E-state index is 0.621. The molecule has 2 rings (SSSR count). The predicted octanol–water partition coefficient (Wildman–Crippen LogP) is 3.67. The van der Waals surface area contributed by atoms with E-state index in [4.69, 9.17) is 4.74 Å². The minimum atomic E-state index is 0.621. The van der Waals surface area contributed by atoms with E-state index in [0.29, 0.717) is 5.92 Å². The van der Waals surface area contributed by atoms with E-state index in [2.05, 4.69) is 44.3 Å². The SMILES string of the molecule is CCC(C)COc1ccc(C)cc1CNC1CC1. The second-order valence-electron chi connectivity index (χ2n) is 5.59. The van der Waals surface area contributed by atoms with Crippen molar-refractivity contribution in [3.05, 3.63) is 29.3 Å². The van der Waals surface area contributed by atoms with Gasteiger partial charge >= 0.3 is 0 Å². The minimum Gasteiger partial charge on any atom is -0.493 e. The lowest BCUT2D eigenvalue weighted by atomic mass is 10.1. The third-order valence-electron chi connectivity index (χ3n) is 3.59. The summed E-state index contributed by atoms with van der Waals surface area (Å²) in [5.74, 6) is 1.67. The highest BCUT2D eigenvalue weighted by Gasteiger charge is 2.20. The molecule has 100 valence electrons. The van der Waals surface area contributed by atoms with Crippen LogP contribution in [0.5, 0.6) is 5.75 Å². The average molecular weight is 247 g/mol. The fraction of sp³-hybridized carbons (Fsp3) is 0.625. The first-order chi connectivity index (χ1) is 8.69. The second kappa shape index (κ2) is 6.24. The van der Waals surface area contributed by atoms with Gasteiger partial charge in [0.05, 0.1) is 6.61 Å². The quantitative estimate of drug-likeness (QED) is 0.793. The Hall–Kier alpha value is -1.02. The van der Waals surface area contributed by atoms with Crippen molar-refractivity contribution in [1.82, 2.24) is 5.32 Å². The molecule has 0 amide bonds. The molecule has 0 heterocycles. The summed E-state index contributed by atoms with van der Waals surface area (Å²) in [6, 6.07) is 7.23. The lowest BCUT2D eigenvalue weighted by Crippen LogP contribution is -2.17. The zero-order chi connectivity index (χ0) is 13.0. The van der Waals surface area contributed by atoms with Crippen LogP contribution in [-0.4, -0.2) is 12.6 Å². The molecule has 1 atom stereocenters. The van der Waals surface area contributed by atoms with Crippen LogP contribution in [0.15, 0.2) is 18.2 Å². The molecule has 1 aromatic rings. The van der Waals surface area contributed by atoms with Crippen molar-refractivity contribution in [2.75, 3.05) is 6.61 Å². The van der Waals surface area contributed by atoms with Crippen molar-refractivity contribution in [2.24, 2.45) is 5.92 Å². The molecular formula is C16H25NO. The standard InChI is InChI=1S/C16H25NO/c1-4-12(2)11-18-16-8-5-13(3)9-14(16)10-17-15-6-7-15/h5,8-9,12,15,17H,4,6-7,10-11H2,1-3H3. The molecule has 0 saturated heterocycles. The number of nitrogens with one attached hydrogen (secondary N) is 1. The van der Waals surface area contributed by atoms with Gasteiger partial charge in [0.25, 0.3) is 0 Å². The van der Waals surface area contributed by atoms with E-state index in [9.17, 15) is 0 Å². The fourth-order valence-corrected chi connectivity index (χ4v) is 1.88. The zero-order valence-corrected chi connectivity index (χ0v) is 11.8. The van der Waals surface area contributed by atoms with Crippen molar-refractivity contribution >= 4 is 0 Å². The first-order valence-electron chi connectivity index (χ1n) is 7.14. The molecule has 0 spiro atoms. The molecule has 2 nitrogen and oxygen atoms in total. The number of aryl methyl sites for hydroxylation is 1. The van der Waals surface area contributed by atoms with Crippen LogP contribution in [-0.2, 0) is 6.54 Å². The Morgan fingerprint density at radius 2 is 2.17 bits per heavy atom. The fourth-order valence-electron chi connectivity index (χ4n) is 1.88. The highest BCUT2D eigenvalue weighted by molar-refractivity contribution is 5.37. The van der Waals surface area contributed by atoms with E-state index in [0.717, 1.165) is 24.9 Å². The first-order valence-corrected chi connectivity index (χ1v) is 7.14. The third kappa shape index (κ3) is 4.02. The van der Waals surface area contributed by atoms with Crippen LogP contribution >= 0.6 is 0 Å². The molecule has 0 aliphatic heterocycles. The molecule has 0 bridgehead atoms. The summed E-state index contributed by atoms with van der Waals surface area (Å²) in [6.45, 7) is 8.33.